The summed E-state index contributed by atoms with van der Waals surface area (Å²) in [5.74, 6) is -0.309. The molecule has 3 atom stereocenters. The SMILES string of the molecule is CCCCN(/C=N/c1ncnc2c1c(CCCNC(=O)C(F)(F)F)nn2[C@H]1C[C@H](O)[C@@H](COC(c2ccccc2)(c2ccc(OC)cc2)c2ccc(OC)cc2)O1)CCCC. The van der Waals surface area contributed by atoms with Gasteiger partial charge in [-0.3, -0.25) is 4.79 Å². The molecule has 5 aromatic rings. The Bertz CT molecular complexity index is 2130. The molecule has 1 fully saturated rings. The lowest BCUT2D eigenvalue weighted by Crippen LogP contribution is -2.38. The predicted octanol–water partition coefficient (Wildman–Crippen LogP) is 7.67. The Labute approximate surface area is 353 Å². The van der Waals surface area contributed by atoms with E-state index < -0.39 is 36.1 Å². The Kier molecular flexibility index (Phi) is 15.3. The quantitative estimate of drug-likeness (QED) is 0.0327. The van der Waals surface area contributed by atoms with Crippen molar-refractivity contribution in [1.82, 2.24) is 30.0 Å². The number of benzene rings is 3. The van der Waals surface area contributed by atoms with Crippen LogP contribution in [0.3, 0.4) is 0 Å². The standard InChI is InChI=1S/C45H54F3N7O6/c1-5-7-25-54(26-8-6-2)30-52-41-40-36(15-12-24-49-43(57)45(46,47)48)53-55(42(40)51-29-50-41)39-27-37(56)38(61-39)28-60-44(31-13-10-9-11-14-31,32-16-20-34(58-3)21-17-32)33-18-22-35(59-4)23-19-33/h9-11,13-14,16-23,29-30,37-39,56H,5-8,12,15,24-28H2,1-4H3,(H,49,57)/b52-30+/t37-,38+,39+/m0/s1. The first-order chi connectivity index (χ1) is 29.5. The lowest BCUT2D eigenvalue weighted by atomic mass is 9.80. The van der Waals surface area contributed by atoms with E-state index in [1.165, 1.54) is 6.33 Å². The number of halogens is 3. The number of aryl methyl sites for hydroxylation is 1. The fourth-order valence-corrected chi connectivity index (χ4v) is 7.44. The zero-order valence-electron chi connectivity index (χ0n) is 35.0. The molecule has 61 heavy (non-hydrogen) atoms. The predicted molar refractivity (Wildman–Crippen MR) is 225 cm³/mol. The van der Waals surface area contributed by atoms with E-state index in [2.05, 4.69) is 28.7 Å². The van der Waals surface area contributed by atoms with Crippen LogP contribution in [0.25, 0.3) is 11.0 Å². The molecular formula is C45H54F3N7O6. The highest BCUT2D eigenvalue weighted by Gasteiger charge is 2.43. The normalized spacial score (nSPS) is 17.0. The number of ether oxygens (including phenoxy) is 4. The molecule has 3 aromatic carbocycles. The van der Waals surface area contributed by atoms with E-state index in [1.54, 1.807) is 25.2 Å². The van der Waals surface area contributed by atoms with E-state index in [4.69, 9.17) is 29.0 Å². The van der Waals surface area contributed by atoms with Gasteiger partial charge < -0.3 is 34.3 Å². The molecular weight excluding hydrogens is 792 g/mol. The zero-order valence-corrected chi connectivity index (χ0v) is 35.0. The van der Waals surface area contributed by atoms with Crippen molar-refractivity contribution in [3.63, 3.8) is 0 Å². The van der Waals surface area contributed by atoms with Crippen LogP contribution >= 0.6 is 0 Å². The van der Waals surface area contributed by atoms with Crippen LogP contribution < -0.4 is 14.8 Å². The summed E-state index contributed by atoms with van der Waals surface area (Å²) in [4.78, 5) is 27.5. The molecule has 2 aromatic heterocycles. The first kappa shape index (κ1) is 45.0. The molecule has 13 nitrogen and oxygen atoms in total. The minimum atomic E-state index is -4.99. The van der Waals surface area contributed by atoms with Crippen molar-refractivity contribution in [3.05, 3.63) is 108 Å². The first-order valence-electron chi connectivity index (χ1n) is 20.7. The molecule has 6 rings (SSSR count). The van der Waals surface area contributed by atoms with Crippen LogP contribution in [0.1, 0.15) is 81.0 Å². The molecule has 3 heterocycles. The molecule has 16 heteroatoms. The molecule has 0 spiro atoms. The third-order valence-corrected chi connectivity index (χ3v) is 10.7. The number of methoxy groups -OCH3 is 2. The topological polar surface area (TPSA) is 145 Å². The van der Waals surface area contributed by atoms with Crippen molar-refractivity contribution in [3.8, 4) is 11.5 Å². The lowest BCUT2D eigenvalue weighted by Gasteiger charge is -2.37. The Hall–Kier alpha value is -5.58. The monoisotopic (exact) mass is 845 g/mol. The Morgan fingerprint density at radius 2 is 1.52 bits per heavy atom. The number of nitrogens with zero attached hydrogens (tertiary/aromatic N) is 6. The Morgan fingerprint density at radius 3 is 2.10 bits per heavy atom. The van der Waals surface area contributed by atoms with Crippen LogP contribution in [0, 0.1) is 0 Å². The number of aliphatic imine (C=N–C) groups is 1. The summed E-state index contributed by atoms with van der Waals surface area (Å²) in [6.45, 7) is 5.62. The maximum absolute atomic E-state index is 12.9. The minimum absolute atomic E-state index is 0.0362. The Morgan fingerprint density at radius 1 is 0.918 bits per heavy atom. The largest absolute Gasteiger partial charge is 0.497 e. The van der Waals surface area contributed by atoms with Crippen molar-refractivity contribution in [2.24, 2.45) is 4.99 Å². The minimum Gasteiger partial charge on any atom is -0.497 e. The van der Waals surface area contributed by atoms with Gasteiger partial charge in [-0.1, -0.05) is 81.3 Å². The molecule has 1 aliphatic heterocycles. The van der Waals surface area contributed by atoms with Crippen molar-refractivity contribution in [2.75, 3.05) is 40.5 Å². The number of nitrogens with one attached hydrogen (secondary N) is 1. The summed E-state index contributed by atoms with van der Waals surface area (Å²) in [6, 6.07) is 25.1. The van der Waals surface area contributed by atoms with Crippen molar-refractivity contribution >= 4 is 29.1 Å². The van der Waals surface area contributed by atoms with Gasteiger partial charge in [-0.15, -0.1) is 0 Å². The molecule has 1 saturated heterocycles. The molecule has 0 radical (unpaired) electrons. The van der Waals surface area contributed by atoms with Gasteiger partial charge in [0.15, 0.2) is 17.7 Å². The molecule has 0 bridgehead atoms. The summed E-state index contributed by atoms with van der Waals surface area (Å²) in [5.41, 5.74) is 2.18. The van der Waals surface area contributed by atoms with E-state index in [0.717, 1.165) is 55.5 Å². The van der Waals surface area contributed by atoms with Crippen molar-refractivity contribution in [1.29, 1.82) is 0 Å². The number of fused-ring (bicyclic) bond motifs is 1. The maximum Gasteiger partial charge on any atom is 0.471 e. The van der Waals surface area contributed by atoms with Crippen LogP contribution in [0.2, 0.25) is 0 Å². The van der Waals surface area contributed by atoms with Crippen molar-refractivity contribution < 1.29 is 42.0 Å². The second-order valence-corrected chi connectivity index (χ2v) is 14.9. The fraction of sp³-hybridized carbons (Fsp3) is 0.444. The highest BCUT2D eigenvalue weighted by atomic mass is 19.4. The van der Waals surface area contributed by atoms with Gasteiger partial charge in [0.2, 0.25) is 0 Å². The van der Waals surface area contributed by atoms with E-state index in [9.17, 15) is 23.1 Å². The molecule has 0 aliphatic carbocycles. The highest BCUT2D eigenvalue weighted by molar-refractivity contribution is 5.89. The number of alkyl halides is 3. The number of aliphatic hydroxyl groups is 1. The third kappa shape index (κ3) is 10.7. The third-order valence-electron chi connectivity index (χ3n) is 10.7. The summed E-state index contributed by atoms with van der Waals surface area (Å²) >= 11 is 0. The smallest absolute Gasteiger partial charge is 0.471 e. The van der Waals surface area contributed by atoms with Gasteiger partial charge >= 0.3 is 12.1 Å². The van der Waals surface area contributed by atoms with Crippen LogP contribution in [0.15, 0.2) is 90.2 Å². The summed E-state index contributed by atoms with van der Waals surface area (Å²) < 4.78 is 64.9. The molecule has 1 aliphatic rings. The zero-order chi connectivity index (χ0) is 43.4. The van der Waals surface area contributed by atoms with Gasteiger partial charge in [0.05, 0.1) is 44.3 Å². The van der Waals surface area contributed by atoms with Gasteiger partial charge in [0.25, 0.3) is 0 Å². The number of amides is 1. The number of unbranched alkanes of at least 4 members (excludes halogenated alkanes) is 2. The lowest BCUT2D eigenvalue weighted by molar-refractivity contribution is -0.173. The fourth-order valence-electron chi connectivity index (χ4n) is 7.44. The number of carbonyl (C=O) groups is 1. The number of aromatic nitrogens is 4. The number of hydrogen-bond acceptors (Lipinski definition) is 10. The molecule has 0 unspecified atom stereocenters. The number of carbonyl (C=O) groups excluding carboxylic acids is 1. The van der Waals surface area contributed by atoms with Crippen LogP contribution in [-0.2, 0) is 26.3 Å². The maximum atomic E-state index is 12.9. The van der Waals surface area contributed by atoms with E-state index in [-0.39, 0.29) is 32.4 Å². The second-order valence-electron chi connectivity index (χ2n) is 14.9. The van der Waals surface area contributed by atoms with E-state index >= 15 is 0 Å². The second kappa shape index (κ2) is 20.8. The first-order valence-corrected chi connectivity index (χ1v) is 20.7. The van der Waals surface area contributed by atoms with Gasteiger partial charge in [-0.2, -0.15) is 18.3 Å². The van der Waals surface area contributed by atoms with Gasteiger partial charge in [-0.05, 0) is 66.6 Å². The van der Waals surface area contributed by atoms with Gasteiger partial charge in [0, 0.05) is 26.1 Å². The number of rotatable bonds is 21. The van der Waals surface area contributed by atoms with E-state index in [1.807, 2.05) is 84.2 Å². The van der Waals surface area contributed by atoms with Crippen LogP contribution in [0.5, 0.6) is 11.5 Å². The summed E-state index contributed by atoms with van der Waals surface area (Å²) in [5, 5.41) is 18.9. The van der Waals surface area contributed by atoms with Crippen LogP contribution in [-0.4, -0.2) is 101 Å². The van der Waals surface area contributed by atoms with Gasteiger partial charge in [0.1, 0.15) is 29.5 Å². The number of aliphatic hydroxyl groups excluding tert-OH is 1. The van der Waals surface area contributed by atoms with E-state index in [0.29, 0.717) is 34.0 Å². The summed E-state index contributed by atoms with van der Waals surface area (Å²) in [6.07, 6.45) is 0.0549. The molecule has 2 N–H and O–H groups in total. The molecule has 326 valence electrons. The average molecular weight is 846 g/mol. The molecule has 1 amide bonds. The van der Waals surface area contributed by atoms with Gasteiger partial charge in [-0.25, -0.2) is 19.6 Å². The highest BCUT2D eigenvalue weighted by Crippen LogP contribution is 2.43. The van der Waals surface area contributed by atoms with Crippen molar-refractivity contribution in [2.45, 2.75) is 89.0 Å². The summed E-state index contributed by atoms with van der Waals surface area (Å²) in [7, 11) is 3.21. The van der Waals surface area contributed by atoms with Crippen LogP contribution in [0.4, 0.5) is 19.0 Å². The Balaban J connectivity index is 1.32. The number of hydrogen-bond donors (Lipinski definition) is 2. The average Bonchev–Trinajstić information content (AvgIpc) is 3.85. The molecule has 0 saturated carbocycles.